The fraction of sp³-hybridized carbons (Fsp3) is 0.118. The first-order valence-electron chi connectivity index (χ1n) is 7.51. The third kappa shape index (κ3) is 3.36. The zero-order chi connectivity index (χ0) is 18.7. The molecule has 1 N–H and O–H groups in total. The zero-order valence-corrected chi connectivity index (χ0v) is 13.9. The van der Waals surface area contributed by atoms with Gasteiger partial charge in [-0.2, -0.15) is 9.67 Å². The average Bonchev–Trinajstić information content (AvgIpc) is 3.31. The number of carbonyl (C=O) groups is 3. The van der Waals surface area contributed by atoms with E-state index < -0.39 is 17.8 Å². The van der Waals surface area contributed by atoms with Gasteiger partial charge in [0.2, 0.25) is 5.95 Å². The van der Waals surface area contributed by atoms with Crippen LogP contribution in [0.2, 0.25) is 0 Å². The van der Waals surface area contributed by atoms with Gasteiger partial charge in [-0.3, -0.25) is 14.9 Å². The first-order chi connectivity index (χ1) is 12.5. The van der Waals surface area contributed by atoms with Crippen LogP contribution in [0.4, 0.5) is 5.95 Å². The Hall–Kier alpha value is -3.75. The van der Waals surface area contributed by atoms with Gasteiger partial charge in [0.15, 0.2) is 5.76 Å². The number of nitrogens with zero attached hydrogens (tertiary/aromatic N) is 3. The van der Waals surface area contributed by atoms with E-state index >= 15 is 0 Å². The van der Waals surface area contributed by atoms with E-state index in [1.54, 1.807) is 24.3 Å². The first-order valence-corrected chi connectivity index (χ1v) is 7.51. The number of aryl methyl sites for hydroxylation is 1. The summed E-state index contributed by atoms with van der Waals surface area (Å²) in [7, 11) is 1.15. The molecule has 0 fully saturated rings. The minimum absolute atomic E-state index is 0.0304. The second-order valence-corrected chi connectivity index (χ2v) is 5.27. The van der Waals surface area contributed by atoms with Gasteiger partial charge in [0.05, 0.1) is 13.4 Å². The summed E-state index contributed by atoms with van der Waals surface area (Å²) in [5, 5.41) is 6.27. The molecule has 0 aliphatic carbocycles. The smallest absolute Gasteiger partial charge is 0.378 e. The van der Waals surface area contributed by atoms with Crippen LogP contribution in [0.1, 0.15) is 37.1 Å². The zero-order valence-electron chi connectivity index (χ0n) is 13.9. The van der Waals surface area contributed by atoms with E-state index in [1.807, 2.05) is 6.92 Å². The number of ether oxygens (including phenoxy) is 1. The Morgan fingerprint density at radius 2 is 1.88 bits per heavy atom. The number of furan rings is 1. The largest absolute Gasteiger partial charge is 0.463 e. The predicted molar refractivity (Wildman–Crippen MR) is 88.9 cm³/mol. The molecule has 3 rings (SSSR count). The van der Waals surface area contributed by atoms with Crippen molar-refractivity contribution in [2.75, 3.05) is 12.4 Å². The molecule has 132 valence electrons. The lowest BCUT2D eigenvalue weighted by Gasteiger charge is -2.05. The van der Waals surface area contributed by atoms with E-state index in [0.717, 1.165) is 17.4 Å². The third-order valence-electron chi connectivity index (χ3n) is 3.44. The predicted octanol–water partition coefficient (Wildman–Crippen LogP) is 1.91. The van der Waals surface area contributed by atoms with Gasteiger partial charge in [-0.25, -0.2) is 4.79 Å². The molecule has 0 aliphatic rings. The van der Waals surface area contributed by atoms with Crippen molar-refractivity contribution >= 4 is 23.7 Å². The number of nitrogens with one attached hydrogen (secondary N) is 1. The second-order valence-electron chi connectivity index (χ2n) is 5.27. The summed E-state index contributed by atoms with van der Waals surface area (Å²) in [6, 6.07) is 9.74. The molecule has 1 amide bonds. The van der Waals surface area contributed by atoms with Gasteiger partial charge in [-0.15, -0.1) is 5.10 Å². The van der Waals surface area contributed by atoms with Gasteiger partial charge in [0, 0.05) is 5.56 Å². The molecule has 1 aromatic carbocycles. The molecule has 9 nitrogen and oxygen atoms in total. The number of esters is 1. The number of carbonyl (C=O) groups excluding carboxylic acids is 3. The Balaban J connectivity index is 1.95. The van der Waals surface area contributed by atoms with E-state index in [0.29, 0.717) is 5.56 Å². The summed E-state index contributed by atoms with van der Waals surface area (Å²) in [6.07, 6.45) is 1.32. The Labute approximate surface area is 147 Å². The number of hydrogen-bond donors (Lipinski definition) is 1. The molecular weight excluding hydrogens is 340 g/mol. The molecule has 0 radical (unpaired) electrons. The molecule has 0 bridgehead atoms. The van der Waals surface area contributed by atoms with E-state index in [4.69, 9.17) is 4.42 Å². The summed E-state index contributed by atoms with van der Waals surface area (Å²) in [6.45, 7) is 1.89. The van der Waals surface area contributed by atoms with E-state index in [9.17, 15) is 14.4 Å². The highest BCUT2D eigenvalue weighted by molar-refractivity contribution is 6.05. The number of amides is 1. The highest BCUT2D eigenvalue weighted by Gasteiger charge is 2.24. The fourth-order valence-corrected chi connectivity index (χ4v) is 2.10. The average molecular weight is 354 g/mol. The van der Waals surface area contributed by atoms with Crippen LogP contribution < -0.4 is 5.32 Å². The monoisotopic (exact) mass is 354 g/mol. The molecule has 0 saturated carbocycles. The van der Waals surface area contributed by atoms with Crippen LogP contribution in [-0.2, 0) is 4.74 Å². The van der Waals surface area contributed by atoms with E-state index in [-0.39, 0.29) is 17.5 Å². The molecule has 26 heavy (non-hydrogen) atoms. The van der Waals surface area contributed by atoms with Crippen molar-refractivity contribution in [1.82, 2.24) is 14.8 Å². The maximum Gasteiger partial charge on any atom is 0.378 e. The topological polar surface area (TPSA) is 116 Å². The van der Waals surface area contributed by atoms with Crippen LogP contribution in [0, 0.1) is 6.92 Å². The van der Waals surface area contributed by atoms with Gasteiger partial charge in [-0.05, 0) is 31.2 Å². The van der Waals surface area contributed by atoms with Crippen LogP contribution >= 0.6 is 0 Å². The number of benzene rings is 1. The third-order valence-corrected chi connectivity index (χ3v) is 3.44. The van der Waals surface area contributed by atoms with Crippen molar-refractivity contribution in [3.8, 4) is 0 Å². The molecule has 0 saturated heterocycles. The minimum atomic E-state index is -0.846. The van der Waals surface area contributed by atoms with Crippen molar-refractivity contribution in [2.45, 2.75) is 6.92 Å². The molecule has 3 aromatic rings. The standard InChI is InChI=1S/C17H14N4O5/c1-10-5-7-11(8-6-10)14(22)19-17-18-13(16(24)25-2)20-21(17)15(23)12-4-3-9-26-12/h3-9H,1-2H3,(H,18,19,20,22). The summed E-state index contributed by atoms with van der Waals surface area (Å²) >= 11 is 0. The SMILES string of the molecule is COC(=O)c1nc(NC(=O)c2ccc(C)cc2)n(C(=O)c2ccco2)n1. The van der Waals surface area contributed by atoms with Crippen molar-refractivity contribution in [1.29, 1.82) is 0 Å². The van der Waals surface area contributed by atoms with Crippen LogP contribution in [0.5, 0.6) is 0 Å². The summed E-state index contributed by atoms with van der Waals surface area (Å²) in [5.41, 5.74) is 1.35. The lowest BCUT2D eigenvalue weighted by atomic mass is 10.1. The minimum Gasteiger partial charge on any atom is -0.463 e. The molecule has 9 heteroatoms. The van der Waals surface area contributed by atoms with Gasteiger partial charge in [-0.1, -0.05) is 17.7 Å². The summed E-state index contributed by atoms with van der Waals surface area (Å²) < 4.78 is 10.4. The molecular formula is C17H14N4O5. The maximum absolute atomic E-state index is 12.5. The summed E-state index contributed by atoms with van der Waals surface area (Å²) in [4.78, 5) is 40.4. The van der Waals surface area contributed by atoms with Gasteiger partial charge < -0.3 is 9.15 Å². The quantitative estimate of drug-likeness (QED) is 0.711. The number of hydrogen-bond acceptors (Lipinski definition) is 7. The first kappa shape index (κ1) is 17.1. The van der Waals surface area contributed by atoms with Crippen LogP contribution in [0.3, 0.4) is 0 Å². The normalized spacial score (nSPS) is 10.4. The molecule has 0 spiro atoms. The second kappa shape index (κ2) is 7.01. The van der Waals surface area contributed by atoms with Crippen LogP contribution in [0.15, 0.2) is 47.1 Å². The van der Waals surface area contributed by atoms with Crippen molar-refractivity contribution < 1.29 is 23.5 Å². The number of anilines is 1. The number of methoxy groups -OCH3 is 1. The van der Waals surface area contributed by atoms with Crippen molar-refractivity contribution in [3.63, 3.8) is 0 Å². The number of rotatable bonds is 4. The Kier molecular flexibility index (Phi) is 4.61. The number of aromatic nitrogens is 3. The van der Waals surface area contributed by atoms with E-state index in [2.05, 4.69) is 20.1 Å². The van der Waals surface area contributed by atoms with Crippen LogP contribution in [0.25, 0.3) is 0 Å². The van der Waals surface area contributed by atoms with Crippen LogP contribution in [-0.4, -0.2) is 39.7 Å². The van der Waals surface area contributed by atoms with Crippen molar-refractivity contribution in [3.05, 3.63) is 65.4 Å². The van der Waals surface area contributed by atoms with Crippen molar-refractivity contribution in [2.24, 2.45) is 0 Å². The van der Waals surface area contributed by atoms with E-state index in [1.165, 1.54) is 18.4 Å². The van der Waals surface area contributed by atoms with Gasteiger partial charge in [0.1, 0.15) is 0 Å². The molecule has 2 heterocycles. The Morgan fingerprint density at radius 1 is 1.15 bits per heavy atom. The lowest BCUT2D eigenvalue weighted by molar-refractivity contribution is 0.0586. The molecule has 0 atom stereocenters. The molecule has 2 aromatic heterocycles. The van der Waals surface area contributed by atoms with Gasteiger partial charge >= 0.3 is 11.9 Å². The molecule has 0 unspecified atom stereocenters. The lowest BCUT2D eigenvalue weighted by Crippen LogP contribution is -2.21. The van der Waals surface area contributed by atoms with Gasteiger partial charge in [0.25, 0.3) is 11.7 Å². The highest BCUT2D eigenvalue weighted by atomic mass is 16.5. The molecule has 0 aliphatic heterocycles. The highest BCUT2D eigenvalue weighted by Crippen LogP contribution is 2.13. The Bertz CT molecular complexity index is 958. The summed E-state index contributed by atoms with van der Waals surface area (Å²) in [5.74, 6) is -2.68. The Morgan fingerprint density at radius 3 is 2.50 bits per heavy atom. The maximum atomic E-state index is 12.5. The fourth-order valence-electron chi connectivity index (χ4n) is 2.10.